The van der Waals surface area contributed by atoms with E-state index in [1.807, 2.05) is 0 Å². The average molecular weight is 246 g/mol. The van der Waals surface area contributed by atoms with Gasteiger partial charge in [0.2, 0.25) is 0 Å². The van der Waals surface area contributed by atoms with Gasteiger partial charge >= 0.3 is 0 Å². The van der Waals surface area contributed by atoms with Crippen LogP contribution in [0.5, 0.6) is 0 Å². The molecule has 5 nitrogen and oxygen atoms in total. The maximum absolute atomic E-state index is 9.96. The molecule has 0 radical (unpaired) electrons. The Morgan fingerprint density at radius 1 is 1.24 bits per heavy atom. The lowest BCUT2D eigenvalue weighted by Crippen LogP contribution is -2.34. The fourth-order valence-corrected chi connectivity index (χ4v) is 2.54. The van der Waals surface area contributed by atoms with Crippen molar-refractivity contribution in [3.05, 3.63) is 0 Å². The first-order chi connectivity index (χ1) is 8.08. The summed E-state index contributed by atoms with van der Waals surface area (Å²) in [6.45, 7) is 2.28. The monoisotopic (exact) mass is 246 g/mol. The molecule has 6 atom stereocenters. The number of fused-ring (bicyclic) bond motifs is 1. The second kappa shape index (κ2) is 5.63. The summed E-state index contributed by atoms with van der Waals surface area (Å²) < 4.78 is 11.3. The van der Waals surface area contributed by atoms with Gasteiger partial charge < -0.3 is 24.8 Å². The van der Waals surface area contributed by atoms with Crippen LogP contribution in [0.15, 0.2) is 0 Å². The van der Waals surface area contributed by atoms with Crippen molar-refractivity contribution < 1.29 is 24.8 Å². The van der Waals surface area contributed by atoms with E-state index in [1.165, 1.54) is 6.92 Å². The predicted molar refractivity (Wildman–Crippen MR) is 60.6 cm³/mol. The topological polar surface area (TPSA) is 79.2 Å². The Kier molecular flexibility index (Phi) is 4.38. The molecule has 0 aliphatic carbocycles. The molecule has 0 saturated carbocycles. The Morgan fingerprint density at radius 2 is 2.00 bits per heavy atom. The van der Waals surface area contributed by atoms with Crippen molar-refractivity contribution in [2.75, 3.05) is 6.61 Å². The first kappa shape index (κ1) is 13.2. The zero-order chi connectivity index (χ0) is 12.4. The highest BCUT2D eigenvalue weighted by molar-refractivity contribution is 4.89. The summed E-state index contributed by atoms with van der Waals surface area (Å²) in [4.78, 5) is 0. The van der Waals surface area contributed by atoms with Crippen LogP contribution in [0.3, 0.4) is 0 Å². The summed E-state index contributed by atoms with van der Waals surface area (Å²) in [6.07, 6.45) is 0.221. The Hall–Kier alpha value is -0.200. The molecule has 0 aromatic carbocycles. The summed E-state index contributed by atoms with van der Waals surface area (Å²) in [5.74, 6) is 0. The first-order valence-electron chi connectivity index (χ1n) is 6.39. The molecule has 0 bridgehead atoms. The lowest BCUT2D eigenvalue weighted by Gasteiger charge is -2.24. The molecule has 0 aromatic rings. The van der Waals surface area contributed by atoms with Gasteiger partial charge in [-0.2, -0.15) is 0 Å². The third kappa shape index (κ3) is 3.17. The van der Waals surface area contributed by atoms with Gasteiger partial charge in [0.1, 0.15) is 0 Å². The summed E-state index contributed by atoms with van der Waals surface area (Å²) >= 11 is 0. The zero-order valence-electron chi connectivity index (χ0n) is 10.2. The minimum atomic E-state index is -0.905. The van der Waals surface area contributed by atoms with Gasteiger partial charge in [-0.25, -0.2) is 0 Å². The molecule has 2 fully saturated rings. The summed E-state index contributed by atoms with van der Waals surface area (Å²) in [6, 6.07) is 0. The number of hydrogen-bond acceptors (Lipinski definition) is 5. The number of hydrogen-bond donors (Lipinski definition) is 3. The van der Waals surface area contributed by atoms with Crippen LogP contribution < -0.4 is 0 Å². The van der Waals surface area contributed by atoms with Gasteiger partial charge in [-0.3, -0.25) is 0 Å². The summed E-state index contributed by atoms with van der Waals surface area (Å²) in [5.41, 5.74) is 0. The summed E-state index contributed by atoms with van der Waals surface area (Å²) in [5, 5.41) is 28.7. The quantitative estimate of drug-likeness (QED) is 0.641. The Bertz CT molecular complexity index is 231. The van der Waals surface area contributed by atoms with Gasteiger partial charge in [0.15, 0.2) is 0 Å². The van der Waals surface area contributed by atoms with E-state index < -0.39 is 18.3 Å². The van der Waals surface area contributed by atoms with Gasteiger partial charge in [-0.05, 0) is 19.8 Å². The smallest absolute Gasteiger partial charge is 0.0865 e. The zero-order valence-corrected chi connectivity index (χ0v) is 10.2. The standard InChI is InChI=1S/C12H22O5/c1-7(13)8(14)5-9(15)11-6-12-10(17-11)3-2-4-16-12/h7-15H,2-6H2,1H3/t7?,8?,9-,10-,11+,12+/m1/s1. The molecule has 5 heteroatoms. The highest BCUT2D eigenvalue weighted by Crippen LogP contribution is 2.32. The molecule has 2 heterocycles. The van der Waals surface area contributed by atoms with Crippen molar-refractivity contribution in [3.8, 4) is 0 Å². The van der Waals surface area contributed by atoms with Crippen LogP contribution in [0.2, 0.25) is 0 Å². The summed E-state index contributed by atoms with van der Waals surface area (Å²) in [7, 11) is 0. The van der Waals surface area contributed by atoms with Crippen LogP contribution in [-0.4, -0.2) is 58.6 Å². The molecule has 0 aromatic heterocycles. The van der Waals surface area contributed by atoms with Crippen LogP contribution in [0.1, 0.15) is 32.6 Å². The molecular formula is C12H22O5. The maximum atomic E-state index is 9.96. The number of aliphatic hydroxyl groups is 3. The first-order valence-corrected chi connectivity index (χ1v) is 6.39. The van der Waals surface area contributed by atoms with E-state index in [4.69, 9.17) is 9.47 Å². The van der Waals surface area contributed by atoms with Crippen molar-refractivity contribution in [2.24, 2.45) is 0 Å². The van der Waals surface area contributed by atoms with Crippen molar-refractivity contribution in [2.45, 2.75) is 69.2 Å². The van der Waals surface area contributed by atoms with Crippen molar-refractivity contribution in [1.29, 1.82) is 0 Å². The lowest BCUT2D eigenvalue weighted by atomic mass is 9.99. The molecule has 3 N–H and O–H groups in total. The molecule has 2 aliphatic heterocycles. The molecule has 2 saturated heterocycles. The van der Waals surface area contributed by atoms with E-state index >= 15 is 0 Å². The molecule has 0 spiro atoms. The van der Waals surface area contributed by atoms with Crippen molar-refractivity contribution in [1.82, 2.24) is 0 Å². The van der Waals surface area contributed by atoms with Crippen molar-refractivity contribution in [3.63, 3.8) is 0 Å². The second-order valence-corrected chi connectivity index (χ2v) is 5.11. The maximum Gasteiger partial charge on any atom is 0.0865 e. The highest BCUT2D eigenvalue weighted by atomic mass is 16.6. The molecule has 2 rings (SSSR count). The van der Waals surface area contributed by atoms with Gasteiger partial charge in [-0.15, -0.1) is 0 Å². The minimum absolute atomic E-state index is 0.0899. The fraction of sp³-hybridized carbons (Fsp3) is 1.00. The third-order valence-corrected chi connectivity index (χ3v) is 3.66. The fourth-order valence-electron chi connectivity index (χ4n) is 2.54. The number of ether oxygens (including phenoxy) is 2. The molecule has 0 amide bonds. The second-order valence-electron chi connectivity index (χ2n) is 5.11. The third-order valence-electron chi connectivity index (χ3n) is 3.66. The molecule has 17 heavy (non-hydrogen) atoms. The van der Waals surface area contributed by atoms with Gasteiger partial charge in [0.25, 0.3) is 0 Å². The van der Waals surface area contributed by atoms with Crippen molar-refractivity contribution >= 4 is 0 Å². The van der Waals surface area contributed by atoms with E-state index in [0.717, 1.165) is 19.4 Å². The Morgan fingerprint density at radius 3 is 2.65 bits per heavy atom. The van der Waals surface area contributed by atoms with Crippen LogP contribution in [0.4, 0.5) is 0 Å². The van der Waals surface area contributed by atoms with Gasteiger partial charge in [-0.1, -0.05) is 0 Å². The minimum Gasteiger partial charge on any atom is -0.391 e. The van der Waals surface area contributed by atoms with E-state index in [0.29, 0.717) is 6.42 Å². The average Bonchev–Trinajstić information content (AvgIpc) is 2.72. The predicted octanol–water partition coefficient (Wildman–Crippen LogP) is -0.184. The molecular weight excluding hydrogens is 224 g/mol. The van der Waals surface area contributed by atoms with Crippen LogP contribution in [0, 0.1) is 0 Å². The molecule has 100 valence electrons. The van der Waals surface area contributed by atoms with Crippen LogP contribution in [-0.2, 0) is 9.47 Å². The van der Waals surface area contributed by atoms with Crippen LogP contribution in [0.25, 0.3) is 0 Å². The van der Waals surface area contributed by atoms with E-state index in [-0.39, 0.29) is 24.7 Å². The van der Waals surface area contributed by atoms with Gasteiger partial charge in [0, 0.05) is 19.4 Å². The van der Waals surface area contributed by atoms with Gasteiger partial charge in [0.05, 0.1) is 36.6 Å². The van der Waals surface area contributed by atoms with E-state index in [1.54, 1.807) is 0 Å². The normalized spacial score (nSPS) is 38.5. The molecule has 2 unspecified atom stereocenters. The van der Waals surface area contributed by atoms with E-state index in [9.17, 15) is 15.3 Å². The van der Waals surface area contributed by atoms with E-state index in [2.05, 4.69) is 0 Å². The largest absolute Gasteiger partial charge is 0.391 e. The SMILES string of the molecule is CC(O)C(O)C[C@@H](O)[C@@H]1C[C@@H]2OCCC[C@H]2O1. The number of rotatable bonds is 4. The Balaban J connectivity index is 1.82. The van der Waals surface area contributed by atoms with Crippen LogP contribution >= 0.6 is 0 Å². The highest BCUT2D eigenvalue weighted by Gasteiger charge is 2.41. The number of aliphatic hydroxyl groups excluding tert-OH is 3. The lowest BCUT2D eigenvalue weighted by molar-refractivity contribution is -0.0889. The molecule has 2 aliphatic rings. The Labute approximate surface area is 101 Å².